The molecule has 4 amide bonds. The van der Waals surface area contributed by atoms with Gasteiger partial charge in [0.05, 0.1) is 28.9 Å². The Morgan fingerprint density at radius 1 is 1.03 bits per heavy atom. The summed E-state index contributed by atoms with van der Waals surface area (Å²) in [5.41, 5.74) is 1.50. The van der Waals surface area contributed by atoms with Gasteiger partial charge in [-0.05, 0) is 61.0 Å². The van der Waals surface area contributed by atoms with Gasteiger partial charge in [0, 0.05) is 10.6 Å². The molecule has 0 atom stereocenters. The Kier molecular flexibility index (Phi) is 7.77. The van der Waals surface area contributed by atoms with E-state index in [1.54, 1.807) is 37.3 Å². The van der Waals surface area contributed by atoms with Gasteiger partial charge in [-0.15, -0.1) is 0 Å². The highest BCUT2D eigenvalue weighted by Gasteiger charge is 2.36. The molecule has 3 aromatic rings. The van der Waals surface area contributed by atoms with E-state index in [-0.39, 0.29) is 34.4 Å². The van der Waals surface area contributed by atoms with E-state index >= 15 is 0 Å². The molecule has 1 heterocycles. The molecule has 1 aliphatic heterocycles. The molecule has 4 rings (SSSR count). The van der Waals surface area contributed by atoms with Crippen LogP contribution in [0.1, 0.15) is 23.6 Å². The second kappa shape index (κ2) is 11.2. The first-order chi connectivity index (χ1) is 17.8. The zero-order chi connectivity index (χ0) is 26.5. The minimum Gasteiger partial charge on any atom is -0.490 e. The Hall–Kier alpha value is -4.32. The van der Waals surface area contributed by atoms with E-state index in [1.807, 2.05) is 0 Å². The van der Waals surface area contributed by atoms with Gasteiger partial charge in [0.25, 0.3) is 11.8 Å². The predicted octanol–water partition coefficient (Wildman–Crippen LogP) is 5.51. The highest BCUT2D eigenvalue weighted by atomic mass is 35.5. The fraction of sp³-hybridized carbons (Fsp3) is 0.111. The van der Waals surface area contributed by atoms with Crippen molar-refractivity contribution in [2.45, 2.75) is 13.5 Å². The van der Waals surface area contributed by atoms with E-state index in [1.165, 1.54) is 36.4 Å². The van der Waals surface area contributed by atoms with E-state index in [0.717, 1.165) is 4.90 Å². The van der Waals surface area contributed by atoms with Crippen LogP contribution in [0.15, 0.2) is 66.2 Å². The minimum absolute atomic E-state index is 0.0724. The normalized spacial score (nSPS) is 14.4. The first-order valence-corrected chi connectivity index (χ1v) is 11.8. The van der Waals surface area contributed by atoms with Crippen LogP contribution < -0.4 is 19.7 Å². The smallest absolute Gasteiger partial charge is 0.335 e. The molecule has 0 spiro atoms. The zero-order valence-corrected chi connectivity index (χ0v) is 21.0. The quantitative estimate of drug-likeness (QED) is 0.315. The van der Waals surface area contributed by atoms with Crippen molar-refractivity contribution in [1.29, 1.82) is 5.26 Å². The van der Waals surface area contributed by atoms with Crippen molar-refractivity contribution in [2.24, 2.45) is 0 Å². The van der Waals surface area contributed by atoms with E-state index in [9.17, 15) is 19.6 Å². The number of imide groups is 2. The van der Waals surface area contributed by atoms with Gasteiger partial charge >= 0.3 is 6.03 Å². The minimum atomic E-state index is -0.871. The molecule has 1 aliphatic rings. The number of ether oxygens (including phenoxy) is 2. The molecule has 3 aromatic carbocycles. The zero-order valence-electron chi connectivity index (χ0n) is 19.5. The molecule has 37 heavy (non-hydrogen) atoms. The summed E-state index contributed by atoms with van der Waals surface area (Å²) in [4.78, 5) is 38.9. The number of rotatable bonds is 7. The van der Waals surface area contributed by atoms with E-state index in [4.69, 9.17) is 32.7 Å². The molecule has 0 saturated carbocycles. The molecule has 0 radical (unpaired) electrons. The van der Waals surface area contributed by atoms with Gasteiger partial charge in [-0.1, -0.05) is 41.4 Å². The molecule has 1 N–H and O–H groups in total. The summed E-state index contributed by atoms with van der Waals surface area (Å²) in [5, 5.41) is 12.1. The van der Waals surface area contributed by atoms with Gasteiger partial charge in [0.2, 0.25) is 0 Å². The predicted molar refractivity (Wildman–Crippen MR) is 139 cm³/mol. The number of carbonyl (C=O) groups is 3. The van der Waals surface area contributed by atoms with Crippen molar-refractivity contribution in [3.63, 3.8) is 0 Å². The van der Waals surface area contributed by atoms with Crippen LogP contribution in [-0.2, 0) is 16.2 Å². The lowest BCUT2D eigenvalue weighted by Gasteiger charge is -2.26. The average molecular weight is 536 g/mol. The number of urea groups is 1. The van der Waals surface area contributed by atoms with Crippen molar-refractivity contribution in [2.75, 3.05) is 11.5 Å². The van der Waals surface area contributed by atoms with Crippen LogP contribution in [0, 0.1) is 11.3 Å². The summed E-state index contributed by atoms with van der Waals surface area (Å²) in [6.07, 6.45) is 1.32. The fourth-order valence-corrected chi connectivity index (χ4v) is 4.03. The maximum atomic E-state index is 13.1. The number of carbonyl (C=O) groups excluding carboxylic acids is 3. The lowest BCUT2D eigenvalue weighted by atomic mass is 10.1. The molecule has 0 aromatic heterocycles. The largest absolute Gasteiger partial charge is 0.490 e. The van der Waals surface area contributed by atoms with Gasteiger partial charge in [0.15, 0.2) is 11.5 Å². The van der Waals surface area contributed by atoms with E-state index < -0.39 is 17.8 Å². The molecule has 1 fully saturated rings. The molecule has 10 heteroatoms. The number of amides is 4. The maximum absolute atomic E-state index is 13.1. The summed E-state index contributed by atoms with van der Waals surface area (Å²) < 4.78 is 11.6. The van der Waals surface area contributed by atoms with Crippen molar-refractivity contribution in [3.05, 3.63) is 93.0 Å². The maximum Gasteiger partial charge on any atom is 0.335 e. The average Bonchev–Trinajstić information content (AvgIpc) is 2.87. The second-order valence-corrected chi connectivity index (χ2v) is 8.60. The monoisotopic (exact) mass is 535 g/mol. The summed E-state index contributed by atoms with van der Waals surface area (Å²) in [5.74, 6) is -1.12. The molecule has 186 valence electrons. The molecular weight excluding hydrogens is 517 g/mol. The van der Waals surface area contributed by atoms with Crippen LogP contribution >= 0.6 is 23.2 Å². The number of hydrogen-bond acceptors (Lipinski definition) is 6. The molecule has 0 unspecified atom stereocenters. The molecule has 8 nitrogen and oxygen atoms in total. The summed E-state index contributed by atoms with van der Waals surface area (Å²) in [6, 6.07) is 17.4. The number of anilines is 1. The molecule has 0 aliphatic carbocycles. The fourth-order valence-electron chi connectivity index (χ4n) is 3.63. The van der Waals surface area contributed by atoms with E-state index in [2.05, 4.69) is 11.4 Å². The Morgan fingerprint density at radius 2 is 1.76 bits per heavy atom. The van der Waals surface area contributed by atoms with Crippen LogP contribution in [0.3, 0.4) is 0 Å². The number of barbiturate groups is 1. The van der Waals surface area contributed by atoms with Gasteiger partial charge in [-0.25, -0.2) is 9.69 Å². The number of hydrogen-bond donors (Lipinski definition) is 1. The SMILES string of the molecule is CCOc1cc(/C=C2\C(=O)NC(=O)N(c3ccc(Cl)cc3)C2=O)cc(Cl)c1OCc1ccccc1C#N. The van der Waals surface area contributed by atoms with Gasteiger partial charge < -0.3 is 9.47 Å². The van der Waals surface area contributed by atoms with Crippen LogP contribution in [0.25, 0.3) is 6.08 Å². The van der Waals surface area contributed by atoms with Crippen LogP contribution in [0.2, 0.25) is 10.0 Å². The second-order valence-electron chi connectivity index (χ2n) is 7.75. The Balaban J connectivity index is 1.67. The number of nitrogens with zero attached hydrogens (tertiary/aromatic N) is 2. The Bertz CT molecular complexity index is 1460. The van der Waals surface area contributed by atoms with Crippen molar-refractivity contribution >= 4 is 52.8 Å². The third-order valence-electron chi connectivity index (χ3n) is 5.34. The van der Waals surface area contributed by atoms with Crippen LogP contribution in [0.4, 0.5) is 10.5 Å². The number of benzene rings is 3. The first-order valence-electron chi connectivity index (χ1n) is 11.1. The lowest BCUT2D eigenvalue weighted by molar-refractivity contribution is -0.122. The number of nitrogens with one attached hydrogen (secondary N) is 1. The third kappa shape index (κ3) is 5.59. The van der Waals surface area contributed by atoms with Crippen molar-refractivity contribution in [3.8, 4) is 17.6 Å². The Morgan fingerprint density at radius 3 is 2.46 bits per heavy atom. The molecule has 0 bridgehead atoms. The lowest BCUT2D eigenvalue weighted by Crippen LogP contribution is -2.54. The topological polar surface area (TPSA) is 109 Å². The van der Waals surface area contributed by atoms with Crippen LogP contribution in [0.5, 0.6) is 11.5 Å². The highest BCUT2D eigenvalue weighted by Crippen LogP contribution is 2.38. The molecular formula is C27H19Cl2N3O5. The summed E-state index contributed by atoms with van der Waals surface area (Å²) >= 11 is 12.4. The standard InChI is InChI=1S/C27H19Cl2N3O5/c1-2-36-23-13-16(12-22(29)24(23)37-15-18-6-4-3-5-17(18)14-30)11-21-25(33)31-27(35)32(26(21)34)20-9-7-19(28)8-10-20/h3-13H,2,15H2,1H3,(H,31,33,35)/b21-11+. The van der Waals surface area contributed by atoms with Gasteiger partial charge in [-0.2, -0.15) is 5.26 Å². The van der Waals surface area contributed by atoms with Gasteiger partial charge in [0.1, 0.15) is 12.2 Å². The van der Waals surface area contributed by atoms with Gasteiger partial charge in [-0.3, -0.25) is 14.9 Å². The first kappa shape index (κ1) is 25.8. The number of nitriles is 1. The van der Waals surface area contributed by atoms with Crippen LogP contribution in [-0.4, -0.2) is 24.5 Å². The number of halogens is 2. The molecule has 1 saturated heterocycles. The van der Waals surface area contributed by atoms with Crippen molar-refractivity contribution < 1.29 is 23.9 Å². The third-order valence-corrected chi connectivity index (χ3v) is 5.87. The van der Waals surface area contributed by atoms with Crippen molar-refractivity contribution in [1.82, 2.24) is 5.32 Å². The summed E-state index contributed by atoms with van der Waals surface area (Å²) in [7, 11) is 0. The Labute approximate surface area is 222 Å². The van der Waals surface area contributed by atoms with E-state index in [0.29, 0.717) is 28.3 Å². The highest BCUT2D eigenvalue weighted by molar-refractivity contribution is 6.39. The summed E-state index contributed by atoms with van der Waals surface area (Å²) in [6.45, 7) is 2.14.